The van der Waals surface area contributed by atoms with Crippen molar-refractivity contribution >= 4 is 18.3 Å². The van der Waals surface area contributed by atoms with Gasteiger partial charge in [-0.15, -0.1) is 12.4 Å². The number of likely N-dealkylation sites (tertiary alicyclic amines) is 1. The minimum Gasteiger partial charge on any atom is -0.497 e. The molecule has 3 rings (SSSR count). The number of rotatable bonds is 5. The molecule has 2 aliphatic heterocycles. The molecule has 1 aromatic rings. The van der Waals surface area contributed by atoms with Crippen LogP contribution in [0.25, 0.3) is 0 Å². The Balaban J connectivity index is 0.00000225. The van der Waals surface area contributed by atoms with Crippen molar-refractivity contribution in [1.29, 1.82) is 0 Å². The lowest BCUT2D eigenvalue weighted by molar-refractivity contribution is -0.132. The van der Waals surface area contributed by atoms with Crippen LogP contribution in [0.5, 0.6) is 5.75 Å². The first kappa shape index (κ1) is 20.0. The Morgan fingerprint density at radius 2 is 2.00 bits per heavy atom. The molecule has 1 amide bonds. The number of piperidine rings is 1. The van der Waals surface area contributed by atoms with Crippen LogP contribution in [0, 0.1) is 5.41 Å². The first-order valence-electron chi connectivity index (χ1n) is 8.81. The number of halogens is 1. The molecule has 6 heteroatoms. The molecular weight excluding hydrogens is 340 g/mol. The van der Waals surface area contributed by atoms with Gasteiger partial charge in [-0.25, -0.2) is 0 Å². The van der Waals surface area contributed by atoms with E-state index in [0.717, 1.165) is 51.1 Å². The van der Waals surface area contributed by atoms with Crippen LogP contribution in [0.3, 0.4) is 0 Å². The number of carbonyl (C=O) groups is 1. The highest BCUT2D eigenvalue weighted by Gasteiger charge is 2.42. The molecule has 0 aromatic heterocycles. The zero-order valence-corrected chi connectivity index (χ0v) is 15.9. The molecule has 1 spiro atoms. The monoisotopic (exact) mass is 368 g/mol. The number of ether oxygens (including phenoxy) is 2. The van der Waals surface area contributed by atoms with Crippen molar-refractivity contribution in [2.24, 2.45) is 5.41 Å². The van der Waals surface area contributed by atoms with E-state index < -0.39 is 0 Å². The quantitative estimate of drug-likeness (QED) is 0.866. The molecule has 0 bridgehead atoms. The second-order valence-corrected chi connectivity index (χ2v) is 7.10. The van der Waals surface area contributed by atoms with E-state index in [1.807, 2.05) is 24.1 Å². The van der Waals surface area contributed by atoms with Crippen molar-refractivity contribution in [1.82, 2.24) is 10.2 Å². The van der Waals surface area contributed by atoms with Crippen LogP contribution in [0.2, 0.25) is 0 Å². The minimum absolute atomic E-state index is 0. The molecule has 2 aliphatic rings. The van der Waals surface area contributed by atoms with Gasteiger partial charge in [-0.1, -0.05) is 12.1 Å². The average molecular weight is 369 g/mol. The summed E-state index contributed by atoms with van der Waals surface area (Å²) >= 11 is 0. The van der Waals surface area contributed by atoms with Crippen LogP contribution in [0.4, 0.5) is 0 Å². The highest BCUT2D eigenvalue weighted by molar-refractivity contribution is 5.85. The summed E-state index contributed by atoms with van der Waals surface area (Å²) in [7, 11) is 3.50. The standard InChI is InChI=1S/C19H28N2O3.ClH/c1-20-13-18(22)21-9-7-19(8-10-21)12-17(24-14-19)11-15-3-5-16(23-2)6-4-15;/h3-6,17,20H,7-14H2,1-2H3;1H. The Morgan fingerprint density at radius 3 is 2.60 bits per heavy atom. The highest BCUT2D eigenvalue weighted by atomic mass is 35.5. The van der Waals surface area contributed by atoms with Gasteiger partial charge in [0.1, 0.15) is 5.75 Å². The summed E-state index contributed by atoms with van der Waals surface area (Å²) in [6, 6.07) is 8.25. The third kappa shape index (κ3) is 4.87. The fraction of sp³-hybridized carbons (Fsp3) is 0.632. The van der Waals surface area contributed by atoms with Crippen molar-refractivity contribution in [3.8, 4) is 5.75 Å². The first-order chi connectivity index (χ1) is 11.6. The minimum atomic E-state index is 0. The summed E-state index contributed by atoms with van der Waals surface area (Å²) in [6.07, 6.45) is 4.46. The Labute approximate surface area is 156 Å². The number of nitrogens with one attached hydrogen (secondary N) is 1. The van der Waals surface area contributed by atoms with Gasteiger partial charge in [0.15, 0.2) is 0 Å². The third-order valence-corrected chi connectivity index (χ3v) is 5.41. The topological polar surface area (TPSA) is 50.8 Å². The van der Waals surface area contributed by atoms with E-state index in [1.54, 1.807) is 7.11 Å². The molecule has 1 atom stereocenters. The number of amides is 1. The molecule has 2 saturated heterocycles. The molecule has 25 heavy (non-hydrogen) atoms. The predicted molar refractivity (Wildman–Crippen MR) is 100 cm³/mol. The molecule has 0 saturated carbocycles. The lowest BCUT2D eigenvalue weighted by Crippen LogP contribution is -2.46. The molecule has 1 unspecified atom stereocenters. The molecule has 1 aromatic carbocycles. The molecule has 1 N–H and O–H groups in total. The van der Waals surface area contributed by atoms with E-state index in [-0.39, 0.29) is 29.8 Å². The summed E-state index contributed by atoms with van der Waals surface area (Å²) in [6.45, 7) is 2.99. The van der Waals surface area contributed by atoms with E-state index >= 15 is 0 Å². The van der Waals surface area contributed by atoms with Crippen molar-refractivity contribution < 1.29 is 14.3 Å². The van der Waals surface area contributed by atoms with E-state index in [9.17, 15) is 4.79 Å². The number of methoxy groups -OCH3 is 1. The molecule has 140 valence electrons. The van der Waals surface area contributed by atoms with Crippen LogP contribution in [-0.2, 0) is 16.0 Å². The van der Waals surface area contributed by atoms with Crippen LogP contribution in [0.1, 0.15) is 24.8 Å². The van der Waals surface area contributed by atoms with Crippen molar-refractivity contribution in [3.05, 3.63) is 29.8 Å². The Bertz CT molecular complexity index is 556. The molecular formula is C19H29ClN2O3. The van der Waals surface area contributed by atoms with Gasteiger partial charge >= 0.3 is 0 Å². The van der Waals surface area contributed by atoms with Gasteiger partial charge in [0.2, 0.25) is 5.91 Å². The third-order valence-electron chi connectivity index (χ3n) is 5.41. The molecule has 2 fully saturated rings. The smallest absolute Gasteiger partial charge is 0.236 e. The average Bonchev–Trinajstić information content (AvgIpc) is 2.98. The summed E-state index contributed by atoms with van der Waals surface area (Å²) in [5.74, 6) is 1.10. The predicted octanol–water partition coefficient (Wildman–Crippen LogP) is 2.28. The Morgan fingerprint density at radius 1 is 1.32 bits per heavy atom. The largest absolute Gasteiger partial charge is 0.497 e. The number of carbonyl (C=O) groups excluding carboxylic acids is 1. The fourth-order valence-corrected chi connectivity index (χ4v) is 3.89. The van der Waals surface area contributed by atoms with E-state index in [4.69, 9.17) is 9.47 Å². The van der Waals surface area contributed by atoms with Crippen LogP contribution < -0.4 is 10.1 Å². The number of hydrogen-bond acceptors (Lipinski definition) is 4. The lowest BCUT2D eigenvalue weighted by Gasteiger charge is -2.38. The van der Waals surface area contributed by atoms with Crippen LogP contribution in [0.15, 0.2) is 24.3 Å². The van der Waals surface area contributed by atoms with Gasteiger partial charge in [-0.2, -0.15) is 0 Å². The van der Waals surface area contributed by atoms with Crippen molar-refractivity contribution in [3.63, 3.8) is 0 Å². The second kappa shape index (κ2) is 8.88. The summed E-state index contributed by atoms with van der Waals surface area (Å²) in [5, 5.41) is 2.94. The van der Waals surface area contributed by atoms with Gasteiger partial charge < -0.3 is 19.7 Å². The maximum absolute atomic E-state index is 12.0. The van der Waals surface area contributed by atoms with Gasteiger partial charge in [0.25, 0.3) is 0 Å². The van der Waals surface area contributed by atoms with Gasteiger partial charge in [0.05, 0.1) is 26.4 Å². The number of likely N-dealkylation sites (N-methyl/N-ethyl adjacent to an activating group) is 1. The number of benzene rings is 1. The van der Waals surface area contributed by atoms with Crippen molar-refractivity contribution in [2.75, 3.05) is 40.4 Å². The second-order valence-electron chi connectivity index (χ2n) is 7.10. The first-order valence-corrected chi connectivity index (χ1v) is 8.81. The Kier molecular flexibility index (Phi) is 7.11. The number of nitrogens with zero attached hydrogens (tertiary/aromatic N) is 1. The lowest BCUT2D eigenvalue weighted by atomic mass is 9.76. The maximum atomic E-state index is 12.0. The fourth-order valence-electron chi connectivity index (χ4n) is 3.89. The SMILES string of the molecule is CNCC(=O)N1CCC2(CC1)COC(Cc1ccc(OC)cc1)C2.Cl. The van der Waals surface area contributed by atoms with Crippen LogP contribution in [-0.4, -0.2) is 57.3 Å². The van der Waals surface area contributed by atoms with Crippen LogP contribution >= 0.6 is 12.4 Å². The number of hydrogen-bond donors (Lipinski definition) is 1. The van der Waals surface area contributed by atoms with Crippen molar-refractivity contribution in [2.45, 2.75) is 31.8 Å². The van der Waals surface area contributed by atoms with E-state index in [1.165, 1.54) is 5.56 Å². The molecule has 0 radical (unpaired) electrons. The molecule has 2 heterocycles. The van der Waals surface area contributed by atoms with Gasteiger partial charge in [0, 0.05) is 13.1 Å². The normalized spacial score (nSPS) is 21.8. The Hall–Kier alpha value is -1.30. The summed E-state index contributed by atoms with van der Waals surface area (Å²) < 4.78 is 11.3. The summed E-state index contributed by atoms with van der Waals surface area (Å²) in [5.41, 5.74) is 1.56. The van der Waals surface area contributed by atoms with Gasteiger partial charge in [-0.05, 0) is 55.8 Å². The molecule has 5 nitrogen and oxygen atoms in total. The highest BCUT2D eigenvalue weighted by Crippen LogP contribution is 2.42. The van der Waals surface area contributed by atoms with E-state index in [2.05, 4.69) is 17.4 Å². The van der Waals surface area contributed by atoms with Gasteiger partial charge in [-0.3, -0.25) is 4.79 Å². The molecule has 0 aliphatic carbocycles. The summed E-state index contributed by atoms with van der Waals surface area (Å²) in [4.78, 5) is 14.0. The maximum Gasteiger partial charge on any atom is 0.236 e. The zero-order chi connectivity index (χ0) is 17.0. The zero-order valence-electron chi connectivity index (χ0n) is 15.1. The van der Waals surface area contributed by atoms with E-state index in [0.29, 0.717) is 6.54 Å².